The van der Waals surface area contributed by atoms with Gasteiger partial charge in [-0.3, -0.25) is 4.79 Å². The van der Waals surface area contributed by atoms with Crippen LogP contribution in [0.2, 0.25) is 0 Å². The van der Waals surface area contributed by atoms with Gasteiger partial charge in [0.1, 0.15) is 5.75 Å². The molecule has 0 saturated carbocycles. The van der Waals surface area contributed by atoms with Crippen molar-refractivity contribution < 1.29 is 14.1 Å². The number of benzene rings is 2. The Morgan fingerprint density at radius 2 is 2.00 bits per heavy atom. The fraction of sp³-hybridized carbons (Fsp3) is 0.250. The molecular formula is C20H22N4O3. The first-order valence-corrected chi connectivity index (χ1v) is 8.78. The van der Waals surface area contributed by atoms with Gasteiger partial charge in [0.15, 0.2) is 0 Å². The molecule has 0 bridgehead atoms. The molecule has 2 aromatic carbocycles. The maximum atomic E-state index is 11.6. The van der Waals surface area contributed by atoms with Crippen LogP contribution < -0.4 is 15.4 Å². The second-order valence-electron chi connectivity index (χ2n) is 6.00. The molecule has 0 atom stereocenters. The zero-order valence-electron chi connectivity index (χ0n) is 15.4. The van der Waals surface area contributed by atoms with E-state index in [1.54, 1.807) is 7.11 Å². The number of ether oxygens (including phenoxy) is 1. The van der Waals surface area contributed by atoms with Crippen LogP contribution >= 0.6 is 0 Å². The molecule has 0 aliphatic carbocycles. The number of anilines is 2. The Balaban J connectivity index is 1.57. The van der Waals surface area contributed by atoms with Crippen LogP contribution in [-0.4, -0.2) is 23.2 Å². The van der Waals surface area contributed by atoms with Gasteiger partial charge >= 0.3 is 6.01 Å². The Labute approximate surface area is 157 Å². The minimum atomic E-state index is 0.0271. The summed E-state index contributed by atoms with van der Waals surface area (Å²) in [5.41, 5.74) is 2.64. The number of nitrogens with one attached hydrogen (secondary N) is 2. The Bertz CT molecular complexity index is 890. The van der Waals surface area contributed by atoms with E-state index < -0.39 is 0 Å². The zero-order chi connectivity index (χ0) is 19.1. The summed E-state index contributed by atoms with van der Waals surface area (Å²) in [5.74, 6) is 1.25. The molecule has 27 heavy (non-hydrogen) atoms. The molecule has 7 nitrogen and oxygen atoms in total. The highest BCUT2D eigenvalue weighted by Gasteiger charge is 2.09. The SMILES string of the molecule is CCCC(=O)Nc1ccc(CNc2nc(-c3cccc(OC)c3)no2)cc1. The first kappa shape index (κ1) is 18.4. The molecule has 0 saturated heterocycles. The maximum Gasteiger partial charge on any atom is 0.322 e. The highest BCUT2D eigenvalue weighted by molar-refractivity contribution is 5.90. The molecule has 3 aromatic rings. The highest BCUT2D eigenvalue weighted by atomic mass is 16.5. The average Bonchev–Trinajstić information content (AvgIpc) is 3.17. The van der Waals surface area contributed by atoms with E-state index in [0.717, 1.165) is 29.0 Å². The molecule has 0 radical (unpaired) electrons. The number of amides is 1. The third-order valence-electron chi connectivity index (χ3n) is 3.91. The molecule has 7 heteroatoms. The highest BCUT2D eigenvalue weighted by Crippen LogP contribution is 2.22. The van der Waals surface area contributed by atoms with Gasteiger partial charge in [-0.25, -0.2) is 0 Å². The molecule has 140 valence electrons. The number of carbonyl (C=O) groups excluding carboxylic acids is 1. The van der Waals surface area contributed by atoms with Gasteiger partial charge in [-0.2, -0.15) is 4.98 Å². The van der Waals surface area contributed by atoms with Gasteiger partial charge in [0.2, 0.25) is 11.7 Å². The smallest absolute Gasteiger partial charge is 0.322 e. The fourth-order valence-corrected chi connectivity index (χ4v) is 2.51. The predicted molar refractivity (Wildman–Crippen MR) is 104 cm³/mol. The lowest BCUT2D eigenvalue weighted by molar-refractivity contribution is -0.116. The molecule has 0 fully saturated rings. The van der Waals surface area contributed by atoms with Crippen molar-refractivity contribution in [3.8, 4) is 17.1 Å². The van der Waals surface area contributed by atoms with E-state index in [1.165, 1.54) is 0 Å². The van der Waals surface area contributed by atoms with E-state index in [4.69, 9.17) is 9.26 Å². The van der Waals surface area contributed by atoms with Crippen molar-refractivity contribution in [3.63, 3.8) is 0 Å². The molecular weight excluding hydrogens is 344 g/mol. The summed E-state index contributed by atoms with van der Waals surface area (Å²) in [6.45, 7) is 2.51. The van der Waals surface area contributed by atoms with Gasteiger partial charge in [-0.15, -0.1) is 0 Å². The molecule has 0 spiro atoms. The van der Waals surface area contributed by atoms with Crippen molar-refractivity contribution in [2.45, 2.75) is 26.3 Å². The topological polar surface area (TPSA) is 89.3 Å². The standard InChI is InChI=1S/C20H22N4O3/c1-3-5-18(25)22-16-10-8-14(9-11-16)13-21-20-23-19(24-27-20)15-6-4-7-17(12-15)26-2/h4,6-12H,3,5,13H2,1-2H3,(H,22,25)(H,21,23,24). The molecule has 1 aromatic heterocycles. The van der Waals surface area contributed by atoms with Crippen LogP contribution in [0.25, 0.3) is 11.4 Å². The van der Waals surface area contributed by atoms with Crippen molar-refractivity contribution in [2.24, 2.45) is 0 Å². The van der Waals surface area contributed by atoms with Crippen LogP contribution in [0.15, 0.2) is 53.1 Å². The number of methoxy groups -OCH3 is 1. The summed E-state index contributed by atoms with van der Waals surface area (Å²) in [6.07, 6.45) is 1.35. The number of rotatable bonds is 8. The van der Waals surface area contributed by atoms with Crippen molar-refractivity contribution in [3.05, 3.63) is 54.1 Å². The largest absolute Gasteiger partial charge is 0.497 e. The maximum absolute atomic E-state index is 11.6. The summed E-state index contributed by atoms with van der Waals surface area (Å²) >= 11 is 0. The van der Waals surface area contributed by atoms with E-state index in [-0.39, 0.29) is 5.91 Å². The van der Waals surface area contributed by atoms with Gasteiger partial charge in [0, 0.05) is 24.2 Å². The molecule has 1 amide bonds. The predicted octanol–water partition coefficient (Wildman–Crippen LogP) is 4.10. The van der Waals surface area contributed by atoms with Gasteiger partial charge in [-0.1, -0.05) is 36.3 Å². The van der Waals surface area contributed by atoms with Crippen LogP contribution in [0.4, 0.5) is 11.7 Å². The van der Waals surface area contributed by atoms with Crippen molar-refractivity contribution in [2.75, 3.05) is 17.7 Å². The fourth-order valence-electron chi connectivity index (χ4n) is 2.51. The monoisotopic (exact) mass is 366 g/mol. The first-order valence-electron chi connectivity index (χ1n) is 8.78. The van der Waals surface area contributed by atoms with E-state index >= 15 is 0 Å². The summed E-state index contributed by atoms with van der Waals surface area (Å²) < 4.78 is 10.5. The molecule has 0 aliphatic rings. The average molecular weight is 366 g/mol. The Morgan fingerprint density at radius 1 is 1.19 bits per heavy atom. The Hall–Kier alpha value is -3.35. The Morgan fingerprint density at radius 3 is 2.74 bits per heavy atom. The van der Waals surface area contributed by atoms with Crippen LogP contribution in [0.5, 0.6) is 5.75 Å². The van der Waals surface area contributed by atoms with E-state index in [2.05, 4.69) is 20.8 Å². The molecule has 0 aliphatic heterocycles. The van der Waals surface area contributed by atoms with E-state index in [0.29, 0.717) is 24.8 Å². The van der Waals surface area contributed by atoms with Gasteiger partial charge < -0.3 is 19.9 Å². The number of carbonyl (C=O) groups is 1. The molecule has 1 heterocycles. The number of aromatic nitrogens is 2. The number of hydrogen-bond donors (Lipinski definition) is 2. The van der Waals surface area contributed by atoms with Gasteiger partial charge in [-0.05, 0) is 36.2 Å². The minimum absolute atomic E-state index is 0.0271. The third-order valence-corrected chi connectivity index (χ3v) is 3.91. The quantitative estimate of drug-likeness (QED) is 0.624. The lowest BCUT2D eigenvalue weighted by Crippen LogP contribution is -2.10. The number of hydrogen-bond acceptors (Lipinski definition) is 6. The molecule has 2 N–H and O–H groups in total. The van der Waals surface area contributed by atoms with E-state index in [9.17, 15) is 4.79 Å². The van der Waals surface area contributed by atoms with Crippen LogP contribution in [-0.2, 0) is 11.3 Å². The summed E-state index contributed by atoms with van der Waals surface area (Å²) in [7, 11) is 1.61. The summed E-state index contributed by atoms with van der Waals surface area (Å²) in [6, 6.07) is 15.4. The molecule has 0 unspecified atom stereocenters. The summed E-state index contributed by atoms with van der Waals surface area (Å²) in [4.78, 5) is 16.0. The van der Waals surface area contributed by atoms with Crippen LogP contribution in [0, 0.1) is 0 Å². The van der Waals surface area contributed by atoms with E-state index in [1.807, 2.05) is 55.5 Å². The third kappa shape index (κ3) is 5.07. The minimum Gasteiger partial charge on any atom is -0.497 e. The lowest BCUT2D eigenvalue weighted by atomic mass is 10.2. The second-order valence-corrected chi connectivity index (χ2v) is 6.00. The summed E-state index contributed by atoms with van der Waals surface area (Å²) in [5, 5.41) is 9.95. The van der Waals surface area contributed by atoms with Crippen molar-refractivity contribution in [1.29, 1.82) is 0 Å². The van der Waals surface area contributed by atoms with Crippen molar-refractivity contribution >= 4 is 17.6 Å². The normalized spacial score (nSPS) is 10.4. The van der Waals surface area contributed by atoms with Crippen LogP contribution in [0.1, 0.15) is 25.3 Å². The molecule has 3 rings (SSSR count). The van der Waals surface area contributed by atoms with Gasteiger partial charge in [0.05, 0.1) is 7.11 Å². The first-order chi connectivity index (χ1) is 13.2. The second kappa shape index (κ2) is 8.84. The zero-order valence-corrected chi connectivity index (χ0v) is 15.4. The van der Waals surface area contributed by atoms with Crippen LogP contribution in [0.3, 0.4) is 0 Å². The lowest BCUT2D eigenvalue weighted by Gasteiger charge is -2.06. The Kier molecular flexibility index (Phi) is 6.04. The number of nitrogens with zero attached hydrogens (tertiary/aromatic N) is 2. The van der Waals surface area contributed by atoms with Crippen molar-refractivity contribution in [1.82, 2.24) is 10.1 Å². The van der Waals surface area contributed by atoms with Gasteiger partial charge in [0.25, 0.3) is 0 Å².